The summed E-state index contributed by atoms with van der Waals surface area (Å²) in [6.45, 7) is 3.93. The zero-order valence-electron chi connectivity index (χ0n) is 10.5. The molecule has 1 aliphatic heterocycles. The molecule has 0 amide bonds. The molecule has 1 saturated heterocycles. The average molecular weight is 275 g/mol. The number of nitrogens with zero attached hydrogens (tertiary/aromatic N) is 3. The lowest BCUT2D eigenvalue weighted by molar-refractivity contribution is 0.584. The molecule has 5 heteroatoms. The minimum atomic E-state index is 0.731. The first kappa shape index (κ1) is 12.4. The summed E-state index contributed by atoms with van der Waals surface area (Å²) in [6.07, 6.45) is 3.61. The number of anilines is 1. The fourth-order valence-electron chi connectivity index (χ4n) is 2.16. The first-order valence-corrected chi connectivity index (χ1v) is 6.74. The number of benzene rings is 1. The van der Waals surface area contributed by atoms with Crippen molar-refractivity contribution < 1.29 is 0 Å². The fourth-order valence-corrected chi connectivity index (χ4v) is 2.29. The molecular formula is C14H15ClN4. The van der Waals surface area contributed by atoms with Gasteiger partial charge in [0.05, 0.1) is 18.1 Å². The number of nitrogens with one attached hydrogen (secondary N) is 1. The van der Waals surface area contributed by atoms with Gasteiger partial charge in [0, 0.05) is 36.8 Å². The summed E-state index contributed by atoms with van der Waals surface area (Å²) >= 11 is 5.90. The van der Waals surface area contributed by atoms with Crippen LogP contribution < -0.4 is 10.2 Å². The van der Waals surface area contributed by atoms with Crippen LogP contribution in [-0.2, 0) is 0 Å². The van der Waals surface area contributed by atoms with Gasteiger partial charge in [-0.25, -0.2) is 4.98 Å². The highest BCUT2D eigenvalue weighted by molar-refractivity contribution is 6.30. The highest BCUT2D eigenvalue weighted by atomic mass is 35.5. The minimum absolute atomic E-state index is 0.731. The molecule has 0 radical (unpaired) electrons. The average Bonchev–Trinajstić information content (AvgIpc) is 2.49. The molecule has 2 aromatic rings. The molecule has 1 aliphatic rings. The summed E-state index contributed by atoms with van der Waals surface area (Å²) < 4.78 is 0. The largest absolute Gasteiger partial charge is 0.353 e. The molecule has 1 aromatic carbocycles. The van der Waals surface area contributed by atoms with Gasteiger partial charge in [-0.1, -0.05) is 23.7 Å². The van der Waals surface area contributed by atoms with E-state index in [-0.39, 0.29) is 0 Å². The summed E-state index contributed by atoms with van der Waals surface area (Å²) in [5, 5.41) is 4.06. The van der Waals surface area contributed by atoms with Gasteiger partial charge >= 0.3 is 0 Å². The van der Waals surface area contributed by atoms with Crippen LogP contribution in [0.1, 0.15) is 0 Å². The van der Waals surface area contributed by atoms with Gasteiger partial charge in [0.2, 0.25) is 0 Å². The molecule has 0 saturated carbocycles. The van der Waals surface area contributed by atoms with Crippen LogP contribution in [0.25, 0.3) is 11.3 Å². The Balaban J connectivity index is 1.88. The molecule has 4 nitrogen and oxygen atoms in total. The minimum Gasteiger partial charge on any atom is -0.353 e. The van der Waals surface area contributed by atoms with Crippen molar-refractivity contribution in [3.05, 3.63) is 41.7 Å². The second-order valence-electron chi connectivity index (χ2n) is 4.51. The quantitative estimate of drug-likeness (QED) is 0.912. The van der Waals surface area contributed by atoms with Gasteiger partial charge < -0.3 is 10.2 Å². The second-order valence-corrected chi connectivity index (χ2v) is 4.94. The molecule has 3 rings (SSSR count). The predicted molar refractivity (Wildman–Crippen MR) is 77.6 cm³/mol. The van der Waals surface area contributed by atoms with Crippen LogP contribution >= 0.6 is 11.6 Å². The Labute approximate surface area is 117 Å². The van der Waals surface area contributed by atoms with Crippen LogP contribution in [0.5, 0.6) is 0 Å². The van der Waals surface area contributed by atoms with Crippen LogP contribution in [0.3, 0.4) is 0 Å². The van der Waals surface area contributed by atoms with E-state index in [1.807, 2.05) is 30.5 Å². The number of halogens is 1. The number of hydrogen-bond acceptors (Lipinski definition) is 4. The van der Waals surface area contributed by atoms with E-state index in [0.717, 1.165) is 48.3 Å². The molecule has 2 heterocycles. The van der Waals surface area contributed by atoms with Gasteiger partial charge in [-0.15, -0.1) is 0 Å². The zero-order chi connectivity index (χ0) is 13.1. The van der Waals surface area contributed by atoms with E-state index in [4.69, 9.17) is 11.6 Å². The molecule has 1 fully saturated rings. The van der Waals surface area contributed by atoms with Crippen molar-refractivity contribution in [2.45, 2.75) is 0 Å². The predicted octanol–water partition coefficient (Wildman–Crippen LogP) is 2.21. The third-order valence-electron chi connectivity index (χ3n) is 3.20. The zero-order valence-corrected chi connectivity index (χ0v) is 11.3. The van der Waals surface area contributed by atoms with Gasteiger partial charge in [-0.2, -0.15) is 0 Å². The summed E-state index contributed by atoms with van der Waals surface area (Å²) in [5.74, 6) is 0.939. The van der Waals surface area contributed by atoms with Gasteiger partial charge in [0.15, 0.2) is 0 Å². The van der Waals surface area contributed by atoms with Crippen LogP contribution in [0.4, 0.5) is 5.82 Å². The van der Waals surface area contributed by atoms with Crippen molar-refractivity contribution in [1.29, 1.82) is 0 Å². The standard InChI is InChI=1S/C14H15ClN4/c15-12-3-1-11(2-4-12)13-9-17-10-14(18-13)19-7-5-16-6-8-19/h1-4,9-10,16H,5-8H2. The molecule has 0 spiro atoms. The van der Waals surface area contributed by atoms with Gasteiger partial charge in [-0.05, 0) is 12.1 Å². The van der Waals surface area contributed by atoms with E-state index in [1.54, 1.807) is 6.20 Å². The summed E-state index contributed by atoms with van der Waals surface area (Å²) in [7, 11) is 0. The maximum absolute atomic E-state index is 5.90. The van der Waals surface area contributed by atoms with Crippen LogP contribution in [0, 0.1) is 0 Å². The van der Waals surface area contributed by atoms with Crippen LogP contribution in [0.2, 0.25) is 5.02 Å². The maximum atomic E-state index is 5.90. The monoisotopic (exact) mass is 274 g/mol. The van der Waals surface area contributed by atoms with Crippen LogP contribution in [0.15, 0.2) is 36.7 Å². The molecule has 98 valence electrons. The van der Waals surface area contributed by atoms with Gasteiger partial charge in [-0.3, -0.25) is 4.98 Å². The lowest BCUT2D eigenvalue weighted by Crippen LogP contribution is -2.43. The van der Waals surface area contributed by atoms with Crippen molar-refractivity contribution in [1.82, 2.24) is 15.3 Å². The summed E-state index contributed by atoms with van der Waals surface area (Å²) in [4.78, 5) is 11.2. The Bertz CT molecular complexity index is 550. The normalized spacial score (nSPS) is 15.5. The Hall–Kier alpha value is -1.65. The lowest BCUT2D eigenvalue weighted by atomic mass is 10.2. The SMILES string of the molecule is Clc1ccc(-c2cncc(N3CCNCC3)n2)cc1. The third-order valence-corrected chi connectivity index (χ3v) is 3.45. The first-order chi connectivity index (χ1) is 9.33. The topological polar surface area (TPSA) is 41.1 Å². The van der Waals surface area contributed by atoms with Crippen molar-refractivity contribution in [3.8, 4) is 11.3 Å². The lowest BCUT2D eigenvalue weighted by Gasteiger charge is -2.28. The molecular weight excluding hydrogens is 260 g/mol. The Morgan fingerprint density at radius 1 is 1.05 bits per heavy atom. The molecule has 0 aliphatic carbocycles. The number of piperazine rings is 1. The molecule has 0 unspecified atom stereocenters. The summed E-state index contributed by atoms with van der Waals surface area (Å²) in [6, 6.07) is 7.67. The Morgan fingerprint density at radius 3 is 2.53 bits per heavy atom. The molecule has 1 aromatic heterocycles. The Morgan fingerprint density at radius 2 is 1.79 bits per heavy atom. The molecule has 19 heavy (non-hydrogen) atoms. The van der Waals surface area contributed by atoms with E-state index >= 15 is 0 Å². The van der Waals surface area contributed by atoms with Gasteiger partial charge in [0.25, 0.3) is 0 Å². The Kier molecular flexibility index (Phi) is 3.62. The molecule has 1 N–H and O–H groups in total. The third kappa shape index (κ3) is 2.85. The number of hydrogen-bond donors (Lipinski definition) is 1. The van der Waals surface area contributed by atoms with Crippen molar-refractivity contribution in [2.75, 3.05) is 31.1 Å². The number of aromatic nitrogens is 2. The van der Waals surface area contributed by atoms with Gasteiger partial charge in [0.1, 0.15) is 5.82 Å². The molecule has 0 bridgehead atoms. The van der Waals surface area contributed by atoms with Crippen molar-refractivity contribution in [3.63, 3.8) is 0 Å². The highest BCUT2D eigenvalue weighted by Crippen LogP contribution is 2.21. The fraction of sp³-hybridized carbons (Fsp3) is 0.286. The van der Waals surface area contributed by atoms with Crippen molar-refractivity contribution >= 4 is 17.4 Å². The van der Waals surface area contributed by atoms with E-state index in [1.165, 1.54) is 0 Å². The van der Waals surface area contributed by atoms with Crippen molar-refractivity contribution in [2.24, 2.45) is 0 Å². The first-order valence-electron chi connectivity index (χ1n) is 6.36. The van der Waals surface area contributed by atoms with Crippen LogP contribution in [-0.4, -0.2) is 36.1 Å². The molecule has 0 atom stereocenters. The van der Waals surface area contributed by atoms with E-state index in [9.17, 15) is 0 Å². The highest BCUT2D eigenvalue weighted by Gasteiger charge is 2.12. The van der Waals surface area contributed by atoms with E-state index in [0.29, 0.717) is 0 Å². The van der Waals surface area contributed by atoms with E-state index in [2.05, 4.69) is 20.2 Å². The second kappa shape index (κ2) is 5.55. The summed E-state index contributed by atoms with van der Waals surface area (Å²) in [5.41, 5.74) is 1.92. The smallest absolute Gasteiger partial charge is 0.147 e. The van der Waals surface area contributed by atoms with E-state index < -0.39 is 0 Å². The maximum Gasteiger partial charge on any atom is 0.147 e. The number of rotatable bonds is 2.